The first-order valence-corrected chi connectivity index (χ1v) is 7.83. The zero-order valence-electron chi connectivity index (χ0n) is 12.5. The van der Waals surface area contributed by atoms with Crippen molar-refractivity contribution in [2.75, 3.05) is 0 Å². The van der Waals surface area contributed by atoms with Gasteiger partial charge in [0.25, 0.3) is 6.36 Å². The molecule has 0 amide bonds. The summed E-state index contributed by atoms with van der Waals surface area (Å²) in [5.41, 5.74) is 0. The molecule has 0 aromatic heterocycles. The molecule has 1 nitrogen and oxygen atoms in total. The van der Waals surface area contributed by atoms with Crippen molar-refractivity contribution in [3.8, 4) is 0 Å². The number of ether oxygens (including phenoxy) is 1. The Morgan fingerprint density at radius 1 is 0.955 bits per heavy atom. The van der Waals surface area contributed by atoms with E-state index in [1.807, 2.05) is 6.92 Å². The Bertz CT molecular complexity index is 360. The van der Waals surface area contributed by atoms with Crippen LogP contribution < -0.4 is 0 Å². The minimum absolute atomic E-state index is 0.00110. The molecule has 0 heterocycles. The molecule has 2 saturated carbocycles. The first-order valence-electron chi connectivity index (χ1n) is 7.83. The molecule has 0 aliphatic heterocycles. The van der Waals surface area contributed by atoms with Crippen molar-refractivity contribution in [3.63, 3.8) is 0 Å². The zero-order valence-corrected chi connectivity index (χ0v) is 12.5. The maximum Gasteiger partial charge on any atom is 0.445 e. The van der Waals surface area contributed by atoms with Crippen LogP contribution in [0.3, 0.4) is 0 Å². The fraction of sp³-hybridized carbons (Fsp3) is 1.00. The van der Waals surface area contributed by atoms with Crippen LogP contribution >= 0.6 is 0 Å². The van der Waals surface area contributed by atoms with Gasteiger partial charge in [0.2, 0.25) is 0 Å². The lowest BCUT2D eigenvalue weighted by Crippen LogP contribution is -2.42. The van der Waals surface area contributed by atoms with Crippen molar-refractivity contribution >= 4 is 0 Å². The summed E-state index contributed by atoms with van der Waals surface area (Å²) >= 11 is 0. The van der Waals surface area contributed by atoms with Gasteiger partial charge in [0.15, 0.2) is 0 Å². The average molecular weight is 332 g/mol. The third-order valence-corrected chi connectivity index (χ3v) is 5.00. The molecule has 6 unspecified atom stereocenters. The van der Waals surface area contributed by atoms with E-state index >= 15 is 0 Å². The maximum atomic E-state index is 14.1. The van der Waals surface area contributed by atoms with E-state index in [1.165, 1.54) is 0 Å². The Balaban J connectivity index is 1.87. The molecule has 7 heteroatoms. The Labute approximate surface area is 126 Å². The molecule has 0 aromatic rings. The predicted octanol–water partition coefficient (Wildman–Crippen LogP) is 5.14. The molecule has 0 aromatic carbocycles. The van der Waals surface area contributed by atoms with Crippen LogP contribution in [0.4, 0.5) is 26.3 Å². The molecule has 0 saturated heterocycles. The van der Waals surface area contributed by atoms with Crippen LogP contribution in [0.5, 0.6) is 0 Å². The smallest absolute Gasteiger partial charge is 0.335 e. The van der Waals surface area contributed by atoms with E-state index in [-0.39, 0.29) is 24.7 Å². The molecule has 0 bridgehead atoms. The molecule has 0 radical (unpaired) electrons. The van der Waals surface area contributed by atoms with Crippen LogP contribution in [0.25, 0.3) is 0 Å². The molecule has 2 aliphatic carbocycles. The summed E-state index contributed by atoms with van der Waals surface area (Å²) in [6.07, 6.45) is -10.3. The molecule has 2 aliphatic rings. The van der Waals surface area contributed by atoms with Crippen molar-refractivity contribution in [3.05, 3.63) is 0 Å². The zero-order chi connectivity index (χ0) is 16.5. The molecule has 22 heavy (non-hydrogen) atoms. The second-order valence-electron chi connectivity index (χ2n) is 6.72. The van der Waals surface area contributed by atoms with Gasteiger partial charge < -0.3 is 4.74 Å². The number of hydrogen-bond acceptors (Lipinski definition) is 1. The van der Waals surface area contributed by atoms with E-state index in [1.54, 1.807) is 0 Å². The van der Waals surface area contributed by atoms with Gasteiger partial charge in [-0.3, -0.25) is 0 Å². The second-order valence-corrected chi connectivity index (χ2v) is 6.72. The van der Waals surface area contributed by atoms with E-state index in [0.717, 1.165) is 6.42 Å². The van der Waals surface area contributed by atoms with E-state index in [0.29, 0.717) is 25.2 Å². The number of hydrogen-bond donors (Lipinski definition) is 0. The average Bonchev–Trinajstić information content (AvgIpc) is 2.40. The second kappa shape index (κ2) is 6.97. The SMILES string of the molecule is CC1CCC(C2CCC(OC(F)C(F)(F)F)[C@H](F)C2)C(F)C1. The topological polar surface area (TPSA) is 9.23 Å². The summed E-state index contributed by atoms with van der Waals surface area (Å²) in [7, 11) is 0. The quantitative estimate of drug-likeness (QED) is 0.650. The first kappa shape index (κ1) is 17.9. The highest BCUT2D eigenvalue weighted by Gasteiger charge is 2.46. The van der Waals surface area contributed by atoms with Crippen molar-refractivity contribution in [1.29, 1.82) is 0 Å². The van der Waals surface area contributed by atoms with Crippen molar-refractivity contribution in [2.45, 2.75) is 76.4 Å². The molecule has 130 valence electrons. The van der Waals surface area contributed by atoms with Crippen LogP contribution in [-0.4, -0.2) is 31.0 Å². The van der Waals surface area contributed by atoms with E-state index in [9.17, 15) is 26.3 Å². The van der Waals surface area contributed by atoms with Crippen molar-refractivity contribution in [2.24, 2.45) is 17.8 Å². The summed E-state index contributed by atoms with van der Waals surface area (Å²) < 4.78 is 81.5. The minimum Gasteiger partial charge on any atom is -0.335 e. The Morgan fingerprint density at radius 2 is 1.64 bits per heavy atom. The molecule has 0 spiro atoms. The van der Waals surface area contributed by atoms with Crippen LogP contribution in [0, 0.1) is 17.8 Å². The Hall–Kier alpha value is -0.460. The van der Waals surface area contributed by atoms with Crippen LogP contribution in [0.2, 0.25) is 0 Å². The third kappa shape index (κ3) is 4.30. The van der Waals surface area contributed by atoms with Crippen molar-refractivity contribution in [1.82, 2.24) is 0 Å². The van der Waals surface area contributed by atoms with Crippen LogP contribution in [0.1, 0.15) is 45.4 Å². The largest absolute Gasteiger partial charge is 0.445 e. The Morgan fingerprint density at radius 3 is 2.18 bits per heavy atom. The fourth-order valence-corrected chi connectivity index (χ4v) is 3.76. The Kier molecular flexibility index (Phi) is 5.67. The van der Waals surface area contributed by atoms with E-state index < -0.39 is 31.0 Å². The maximum absolute atomic E-state index is 14.1. The molecule has 0 N–H and O–H groups in total. The monoisotopic (exact) mass is 332 g/mol. The number of rotatable bonds is 3. The van der Waals surface area contributed by atoms with Gasteiger partial charge in [-0.25, -0.2) is 13.2 Å². The predicted molar refractivity (Wildman–Crippen MR) is 69.5 cm³/mol. The van der Waals surface area contributed by atoms with Gasteiger partial charge in [-0.15, -0.1) is 0 Å². The van der Waals surface area contributed by atoms with Crippen molar-refractivity contribution < 1.29 is 31.1 Å². The van der Waals surface area contributed by atoms with Gasteiger partial charge in [0.1, 0.15) is 12.3 Å². The number of halogens is 6. The lowest BCUT2D eigenvalue weighted by atomic mass is 9.69. The summed E-state index contributed by atoms with van der Waals surface area (Å²) in [5.74, 6) is -0.119. The summed E-state index contributed by atoms with van der Waals surface area (Å²) in [6.45, 7) is 1.98. The van der Waals surface area contributed by atoms with E-state index in [2.05, 4.69) is 4.74 Å². The molecule has 2 rings (SSSR count). The lowest BCUT2D eigenvalue weighted by Gasteiger charge is -2.40. The molecular formula is C15H22F6O. The molecule has 7 atom stereocenters. The lowest BCUT2D eigenvalue weighted by molar-refractivity contribution is -0.285. The summed E-state index contributed by atoms with van der Waals surface area (Å²) in [4.78, 5) is 0. The minimum atomic E-state index is -5.14. The number of alkyl halides is 6. The highest BCUT2D eigenvalue weighted by atomic mass is 19.4. The fourth-order valence-electron chi connectivity index (χ4n) is 3.76. The summed E-state index contributed by atoms with van der Waals surface area (Å²) in [6, 6.07) is 0. The van der Waals surface area contributed by atoms with Gasteiger partial charge in [-0.05, 0) is 49.9 Å². The summed E-state index contributed by atoms with van der Waals surface area (Å²) in [5, 5.41) is 0. The van der Waals surface area contributed by atoms with Gasteiger partial charge in [-0.2, -0.15) is 13.2 Å². The standard InChI is InChI=1S/C15H22F6O/c1-8-2-4-10(11(16)6-8)9-3-5-13(12(17)7-9)22-14(18)15(19,20)21/h8-14H,2-7H2,1H3/t8?,9?,10?,11?,12-,13?,14?/m1/s1. The van der Waals surface area contributed by atoms with Gasteiger partial charge >= 0.3 is 6.18 Å². The third-order valence-electron chi connectivity index (χ3n) is 5.00. The molecule has 2 fully saturated rings. The van der Waals surface area contributed by atoms with Gasteiger partial charge in [0, 0.05) is 0 Å². The normalized spacial score (nSPS) is 42.1. The first-order chi connectivity index (χ1) is 10.2. The van der Waals surface area contributed by atoms with Crippen LogP contribution in [0.15, 0.2) is 0 Å². The van der Waals surface area contributed by atoms with Gasteiger partial charge in [0.05, 0.1) is 6.10 Å². The van der Waals surface area contributed by atoms with Crippen LogP contribution in [-0.2, 0) is 4.74 Å². The highest BCUT2D eigenvalue weighted by molar-refractivity contribution is 4.90. The van der Waals surface area contributed by atoms with Gasteiger partial charge in [-0.1, -0.05) is 13.3 Å². The molecular weight excluding hydrogens is 310 g/mol. The highest BCUT2D eigenvalue weighted by Crippen LogP contribution is 2.43. The van der Waals surface area contributed by atoms with E-state index in [4.69, 9.17) is 0 Å².